The molecule has 0 saturated carbocycles. The second kappa shape index (κ2) is 4.78. The first-order chi connectivity index (χ1) is 11.8. The molecule has 0 bridgehead atoms. The Hall–Kier alpha value is -2.93. The topological polar surface area (TPSA) is 12.9 Å². The van der Waals surface area contributed by atoms with Crippen molar-refractivity contribution in [1.82, 2.24) is 4.98 Å². The van der Waals surface area contributed by atoms with Crippen LogP contribution in [0.4, 0.5) is 0 Å². The van der Waals surface area contributed by atoms with E-state index in [-0.39, 0.29) is 0 Å². The van der Waals surface area contributed by atoms with E-state index in [1.807, 2.05) is 6.20 Å². The molecule has 0 aliphatic carbocycles. The molecule has 0 fully saturated rings. The highest BCUT2D eigenvalue weighted by Gasteiger charge is 2.14. The summed E-state index contributed by atoms with van der Waals surface area (Å²) < 4.78 is 0. The highest BCUT2D eigenvalue weighted by Crippen LogP contribution is 2.38. The maximum atomic E-state index is 4.85. The van der Waals surface area contributed by atoms with Gasteiger partial charge >= 0.3 is 0 Å². The van der Waals surface area contributed by atoms with Gasteiger partial charge in [-0.3, -0.25) is 4.98 Å². The number of hydrogen-bond acceptors (Lipinski definition) is 1. The fourth-order valence-corrected chi connectivity index (χ4v) is 4.00. The zero-order chi connectivity index (χ0) is 16.3. The van der Waals surface area contributed by atoms with Crippen LogP contribution in [-0.4, -0.2) is 4.98 Å². The van der Waals surface area contributed by atoms with Gasteiger partial charge in [-0.1, -0.05) is 60.7 Å². The van der Waals surface area contributed by atoms with Gasteiger partial charge in [-0.25, -0.2) is 0 Å². The monoisotopic (exact) mass is 307 g/mol. The number of fused-ring (bicyclic) bond motifs is 7. The lowest BCUT2D eigenvalue weighted by atomic mass is 9.90. The van der Waals surface area contributed by atoms with Gasteiger partial charge in [-0.2, -0.15) is 0 Å². The van der Waals surface area contributed by atoms with Gasteiger partial charge in [0.15, 0.2) is 0 Å². The molecule has 0 aliphatic rings. The van der Waals surface area contributed by atoms with Gasteiger partial charge in [0.1, 0.15) is 0 Å². The molecular weight excluding hydrogens is 290 g/mol. The summed E-state index contributed by atoms with van der Waals surface area (Å²) in [5.41, 5.74) is 3.79. The van der Waals surface area contributed by atoms with Gasteiger partial charge in [0.2, 0.25) is 0 Å². The third-order valence-corrected chi connectivity index (χ3v) is 5.30. The van der Waals surface area contributed by atoms with Crippen molar-refractivity contribution in [1.29, 1.82) is 0 Å². The average molecular weight is 307 g/mol. The van der Waals surface area contributed by atoms with Gasteiger partial charge in [0, 0.05) is 22.4 Å². The number of benzene rings is 4. The molecule has 0 unspecified atom stereocenters. The first kappa shape index (κ1) is 13.5. The highest BCUT2D eigenvalue weighted by molar-refractivity contribution is 6.22. The molecule has 0 radical (unpaired) electrons. The van der Waals surface area contributed by atoms with E-state index in [1.54, 1.807) is 0 Å². The van der Waals surface area contributed by atoms with Crippen LogP contribution in [0.2, 0.25) is 0 Å². The molecule has 114 valence electrons. The van der Waals surface area contributed by atoms with Crippen LogP contribution >= 0.6 is 0 Å². The van der Waals surface area contributed by atoms with E-state index in [9.17, 15) is 0 Å². The van der Waals surface area contributed by atoms with E-state index in [0.717, 1.165) is 5.52 Å². The average Bonchev–Trinajstić information content (AvgIpc) is 2.64. The van der Waals surface area contributed by atoms with Crippen LogP contribution in [0.15, 0.2) is 66.9 Å². The minimum absolute atomic E-state index is 1.11. The van der Waals surface area contributed by atoms with Crippen molar-refractivity contribution in [3.05, 3.63) is 78.0 Å². The summed E-state index contributed by atoms with van der Waals surface area (Å²) in [5, 5.41) is 8.96. The first-order valence-corrected chi connectivity index (χ1v) is 8.34. The molecule has 1 aromatic heterocycles. The molecule has 1 nitrogen and oxygen atoms in total. The quantitative estimate of drug-likeness (QED) is 0.305. The minimum atomic E-state index is 1.11. The Balaban J connectivity index is 2.14. The summed E-state index contributed by atoms with van der Waals surface area (Å²) in [6, 6.07) is 21.6. The molecule has 0 aliphatic heterocycles. The molecule has 0 N–H and O–H groups in total. The summed E-state index contributed by atoms with van der Waals surface area (Å²) in [6.45, 7) is 4.47. The number of rotatable bonds is 0. The second-order valence-electron chi connectivity index (χ2n) is 6.53. The van der Waals surface area contributed by atoms with Crippen molar-refractivity contribution in [2.75, 3.05) is 0 Å². The lowest BCUT2D eigenvalue weighted by Gasteiger charge is -2.15. The summed E-state index contributed by atoms with van der Waals surface area (Å²) in [6.07, 6.45) is 2.00. The minimum Gasteiger partial charge on any atom is -0.255 e. The van der Waals surface area contributed by atoms with Crippen molar-refractivity contribution in [3.8, 4) is 0 Å². The van der Waals surface area contributed by atoms with Crippen molar-refractivity contribution >= 4 is 43.2 Å². The van der Waals surface area contributed by atoms with E-state index in [4.69, 9.17) is 4.98 Å². The smallest absolute Gasteiger partial charge is 0.0789 e. The van der Waals surface area contributed by atoms with E-state index in [0.29, 0.717) is 0 Å². The highest BCUT2D eigenvalue weighted by atomic mass is 14.7. The third-order valence-electron chi connectivity index (χ3n) is 5.30. The zero-order valence-corrected chi connectivity index (χ0v) is 13.8. The van der Waals surface area contributed by atoms with Crippen molar-refractivity contribution in [3.63, 3.8) is 0 Å². The standard InChI is InChI=1S/C23H17N/c1-14-15(2)22-19-10-6-4-8-17(19)13-24-23(22)20-12-11-16-7-3-5-9-18(16)21(14)20/h3-13H,1-2H3. The number of nitrogens with zero attached hydrogens (tertiary/aromatic N) is 1. The molecule has 0 amide bonds. The Bertz CT molecular complexity index is 1160. The number of pyridine rings is 1. The van der Waals surface area contributed by atoms with Crippen LogP contribution in [0.3, 0.4) is 0 Å². The molecule has 0 saturated heterocycles. The summed E-state index contributed by atoms with van der Waals surface area (Å²) in [7, 11) is 0. The molecule has 1 heteroatoms. The van der Waals surface area contributed by atoms with Gasteiger partial charge < -0.3 is 0 Å². The molecule has 4 aromatic carbocycles. The SMILES string of the molecule is Cc1c(C)c2c3ccccc3cnc2c2ccc3ccccc3c12. The van der Waals surface area contributed by atoms with Crippen LogP contribution in [0, 0.1) is 13.8 Å². The van der Waals surface area contributed by atoms with Crippen LogP contribution in [0.1, 0.15) is 11.1 Å². The largest absolute Gasteiger partial charge is 0.255 e. The van der Waals surface area contributed by atoms with E-state index in [1.165, 1.54) is 48.8 Å². The Morgan fingerprint density at radius 1 is 0.583 bits per heavy atom. The van der Waals surface area contributed by atoms with E-state index in [2.05, 4.69) is 74.5 Å². The van der Waals surface area contributed by atoms with Crippen LogP contribution in [0.25, 0.3) is 43.2 Å². The molecule has 0 spiro atoms. The van der Waals surface area contributed by atoms with E-state index >= 15 is 0 Å². The van der Waals surface area contributed by atoms with Gasteiger partial charge in [0.05, 0.1) is 5.52 Å². The van der Waals surface area contributed by atoms with Gasteiger partial charge in [-0.15, -0.1) is 0 Å². The lowest BCUT2D eigenvalue weighted by molar-refractivity contribution is 1.39. The van der Waals surface area contributed by atoms with Gasteiger partial charge in [0.25, 0.3) is 0 Å². The first-order valence-electron chi connectivity index (χ1n) is 8.34. The predicted molar refractivity (Wildman–Crippen MR) is 104 cm³/mol. The Morgan fingerprint density at radius 2 is 1.21 bits per heavy atom. The predicted octanol–water partition coefficient (Wildman–Crippen LogP) is 6.31. The fourth-order valence-electron chi connectivity index (χ4n) is 4.00. The van der Waals surface area contributed by atoms with E-state index < -0.39 is 0 Å². The molecule has 5 aromatic rings. The third kappa shape index (κ3) is 1.67. The molecule has 5 rings (SSSR count). The summed E-state index contributed by atoms with van der Waals surface area (Å²) in [4.78, 5) is 4.85. The Kier molecular flexibility index (Phi) is 2.69. The van der Waals surface area contributed by atoms with Crippen molar-refractivity contribution in [2.45, 2.75) is 13.8 Å². The molecule has 0 atom stereocenters. The van der Waals surface area contributed by atoms with Crippen LogP contribution in [-0.2, 0) is 0 Å². The van der Waals surface area contributed by atoms with Gasteiger partial charge in [-0.05, 0) is 46.5 Å². The molecule has 1 heterocycles. The molecular formula is C23H17N. The fraction of sp³-hybridized carbons (Fsp3) is 0.0870. The Morgan fingerprint density at radius 3 is 2.00 bits per heavy atom. The zero-order valence-electron chi connectivity index (χ0n) is 13.8. The number of aromatic nitrogens is 1. The number of aryl methyl sites for hydroxylation is 2. The summed E-state index contributed by atoms with van der Waals surface area (Å²) in [5.74, 6) is 0. The maximum Gasteiger partial charge on any atom is 0.0789 e. The molecule has 24 heavy (non-hydrogen) atoms. The van der Waals surface area contributed by atoms with Crippen LogP contribution < -0.4 is 0 Å². The van der Waals surface area contributed by atoms with Crippen molar-refractivity contribution < 1.29 is 0 Å². The summed E-state index contributed by atoms with van der Waals surface area (Å²) >= 11 is 0. The number of hydrogen-bond donors (Lipinski definition) is 0. The maximum absolute atomic E-state index is 4.85. The Labute approximate surface area is 140 Å². The lowest BCUT2D eigenvalue weighted by Crippen LogP contribution is -1.93. The van der Waals surface area contributed by atoms with Crippen LogP contribution in [0.5, 0.6) is 0 Å². The van der Waals surface area contributed by atoms with Crippen molar-refractivity contribution in [2.24, 2.45) is 0 Å². The second-order valence-corrected chi connectivity index (χ2v) is 6.53. The normalized spacial score (nSPS) is 11.8.